The summed E-state index contributed by atoms with van der Waals surface area (Å²) < 4.78 is 49.6. The molecule has 0 radical (unpaired) electrons. The Hall–Kier alpha value is -2.50. The Labute approximate surface area is 192 Å². The molecule has 0 aliphatic rings. The monoisotopic (exact) mass is 500 g/mol. The van der Waals surface area contributed by atoms with Crippen molar-refractivity contribution in [2.75, 3.05) is 23.8 Å². The molecule has 2 aromatic rings. The third-order valence-corrected chi connectivity index (χ3v) is 7.21. The van der Waals surface area contributed by atoms with E-state index in [1.807, 2.05) is 11.6 Å². The quantitative estimate of drug-likeness (QED) is 0.298. The molecule has 0 saturated carbocycles. The normalized spacial score (nSPS) is 11.5. The van der Waals surface area contributed by atoms with Gasteiger partial charge in [0.05, 0.1) is 29.5 Å². The van der Waals surface area contributed by atoms with Gasteiger partial charge in [-0.15, -0.1) is 0 Å². The second kappa shape index (κ2) is 11.4. The molecule has 0 fully saturated rings. The highest BCUT2D eigenvalue weighted by atomic mass is 32.2. The summed E-state index contributed by atoms with van der Waals surface area (Å²) in [4.78, 5) is 12.3. The van der Waals surface area contributed by atoms with Crippen LogP contribution in [0.4, 0.5) is 16.2 Å². The molecule has 0 spiro atoms. The van der Waals surface area contributed by atoms with Crippen LogP contribution in [0, 0.1) is 6.92 Å². The molecule has 0 saturated heterocycles. The van der Waals surface area contributed by atoms with Gasteiger partial charge < -0.3 is 10.6 Å². The van der Waals surface area contributed by atoms with Gasteiger partial charge in [-0.25, -0.2) is 22.5 Å². The highest BCUT2D eigenvalue weighted by Crippen LogP contribution is 2.43. The summed E-state index contributed by atoms with van der Waals surface area (Å²) in [6.07, 6.45) is 0. The van der Waals surface area contributed by atoms with E-state index in [9.17, 15) is 17.8 Å². The first-order valence-electron chi connectivity index (χ1n) is 9.56. The Bertz CT molecular complexity index is 1100. The van der Waals surface area contributed by atoms with Gasteiger partial charge in [-0.1, -0.05) is 29.8 Å². The molecule has 13 heteroatoms. The van der Waals surface area contributed by atoms with Crippen molar-refractivity contribution in [3.63, 3.8) is 0 Å². The maximum atomic E-state index is 12.6. The van der Waals surface area contributed by atoms with Gasteiger partial charge >= 0.3 is 13.8 Å². The van der Waals surface area contributed by atoms with E-state index in [2.05, 4.69) is 15.7 Å². The molecule has 0 atom stereocenters. The van der Waals surface area contributed by atoms with E-state index in [-0.39, 0.29) is 28.9 Å². The number of thiocarbonyl (C=S) groups is 1. The van der Waals surface area contributed by atoms with Crippen LogP contribution >= 0.6 is 20.0 Å². The maximum Gasteiger partial charge on any atom is 0.434 e. The number of benzene rings is 2. The maximum absolute atomic E-state index is 12.6. The molecule has 2 rings (SSSR count). The number of carbonyl (C=O) groups is 1. The molecule has 2 aromatic carbocycles. The number of urea groups is 1. The lowest BCUT2D eigenvalue weighted by molar-refractivity contribution is 0.216. The highest BCUT2D eigenvalue weighted by molar-refractivity contribution is 7.90. The number of anilines is 2. The van der Waals surface area contributed by atoms with Gasteiger partial charge in [0, 0.05) is 0 Å². The summed E-state index contributed by atoms with van der Waals surface area (Å²) in [7, 11) is -7.71. The van der Waals surface area contributed by atoms with Gasteiger partial charge in [0.15, 0.2) is 5.11 Å². The molecule has 0 unspecified atom stereocenters. The Balaban J connectivity index is 2.09. The Morgan fingerprint density at radius 3 is 2.03 bits per heavy atom. The zero-order valence-corrected chi connectivity index (χ0v) is 20.3. The Morgan fingerprint density at radius 1 is 0.969 bits per heavy atom. The van der Waals surface area contributed by atoms with Crippen LogP contribution in [0.1, 0.15) is 19.4 Å². The zero-order valence-electron chi connectivity index (χ0n) is 17.7. The number of nitrogens with one attached hydrogen (secondary N) is 4. The summed E-state index contributed by atoms with van der Waals surface area (Å²) in [6.45, 7) is 5.42. The van der Waals surface area contributed by atoms with Crippen molar-refractivity contribution in [1.29, 1.82) is 0 Å². The summed E-state index contributed by atoms with van der Waals surface area (Å²) in [5, 5.41) is 7.66. The average Bonchev–Trinajstić information content (AvgIpc) is 2.69. The molecule has 0 heterocycles. The van der Waals surface area contributed by atoms with Crippen LogP contribution in [0.5, 0.6) is 0 Å². The Kier molecular flexibility index (Phi) is 9.17. The topological polar surface area (TPSA) is 135 Å². The SMILES string of the molecule is CCOP(=O)(NC(=S)Nc1ccccc1NC(=O)NS(=O)(=O)c1ccc(C)cc1)OCC. The van der Waals surface area contributed by atoms with Crippen molar-refractivity contribution in [2.24, 2.45) is 0 Å². The lowest BCUT2D eigenvalue weighted by Gasteiger charge is -2.20. The van der Waals surface area contributed by atoms with Gasteiger partial charge in [0.25, 0.3) is 10.0 Å². The molecule has 4 N–H and O–H groups in total. The van der Waals surface area contributed by atoms with Crippen molar-refractivity contribution in [2.45, 2.75) is 25.7 Å². The van der Waals surface area contributed by atoms with Gasteiger partial charge in [-0.2, -0.15) is 0 Å². The second-order valence-corrected chi connectivity index (χ2v) is 10.1. The number of rotatable bonds is 9. The second-order valence-electron chi connectivity index (χ2n) is 6.32. The fraction of sp³-hybridized carbons (Fsp3) is 0.263. The molecule has 0 aliphatic carbocycles. The van der Waals surface area contributed by atoms with Gasteiger partial charge in [0.2, 0.25) is 0 Å². The summed E-state index contributed by atoms with van der Waals surface area (Å²) in [6, 6.07) is 11.5. The number of hydrogen-bond acceptors (Lipinski definition) is 7. The van der Waals surface area contributed by atoms with Crippen LogP contribution < -0.4 is 20.4 Å². The van der Waals surface area contributed by atoms with E-state index in [1.165, 1.54) is 18.2 Å². The van der Waals surface area contributed by atoms with E-state index in [0.717, 1.165) is 5.56 Å². The number of hydrogen-bond donors (Lipinski definition) is 4. The molecule has 0 aliphatic heterocycles. The standard InChI is InChI=1S/C19H25N4O6PS2/c1-4-28-30(25,29-5-2)22-19(31)21-17-9-7-6-8-16(17)20-18(24)23-32(26,27)15-12-10-14(3)11-13-15/h6-13H,4-5H2,1-3H3,(H2,20,23,24)(H2,21,22,25,31). The third-order valence-electron chi connectivity index (χ3n) is 3.82. The lowest BCUT2D eigenvalue weighted by Crippen LogP contribution is -2.35. The fourth-order valence-electron chi connectivity index (χ4n) is 2.46. The number of amides is 2. The zero-order chi connectivity index (χ0) is 23.8. The average molecular weight is 501 g/mol. The molecule has 2 amide bonds. The number of sulfonamides is 1. The largest absolute Gasteiger partial charge is 0.434 e. The minimum absolute atomic E-state index is 0.0439. The van der Waals surface area contributed by atoms with Crippen molar-refractivity contribution in [3.05, 3.63) is 54.1 Å². The van der Waals surface area contributed by atoms with E-state index in [4.69, 9.17) is 21.3 Å². The van der Waals surface area contributed by atoms with E-state index >= 15 is 0 Å². The molecule has 32 heavy (non-hydrogen) atoms. The van der Waals surface area contributed by atoms with Crippen LogP contribution in [-0.2, 0) is 23.6 Å². The first-order valence-corrected chi connectivity index (χ1v) is 13.0. The summed E-state index contributed by atoms with van der Waals surface area (Å²) in [5.74, 6) is 0. The predicted octanol–water partition coefficient (Wildman–Crippen LogP) is 3.97. The minimum Gasteiger partial charge on any atom is -0.331 e. The first kappa shape index (κ1) is 25.8. The molecule has 0 aromatic heterocycles. The smallest absolute Gasteiger partial charge is 0.331 e. The van der Waals surface area contributed by atoms with Gasteiger partial charge in [-0.3, -0.25) is 14.1 Å². The van der Waals surface area contributed by atoms with E-state index < -0.39 is 23.8 Å². The van der Waals surface area contributed by atoms with E-state index in [0.29, 0.717) is 5.69 Å². The van der Waals surface area contributed by atoms with Crippen LogP contribution in [0.15, 0.2) is 53.4 Å². The predicted molar refractivity (Wildman–Crippen MR) is 127 cm³/mol. The number of aryl methyl sites for hydroxylation is 1. The number of carbonyl (C=O) groups excluding carboxylic acids is 1. The van der Waals surface area contributed by atoms with Gasteiger partial charge in [-0.05, 0) is 57.3 Å². The van der Waals surface area contributed by atoms with Crippen molar-refractivity contribution in [3.8, 4) is 0 Å². The molecule has 0 bridgehead atoms. The number of para-hydroxylation sites is 2. The molecular formula is C19H25N4O6PS2. The molecule has 10 nitrogen and oxygen atoms in total. The highest BCUT2D eigenvalue weighted by Gasteiger charge is 2.25. The van der Waals surface area contributed by atoms with Gasteiger partial charge in [0.1, 0.15) is 0 Å². The minimum atomic E-state index is -4.06. The van der Waals surface area contributed by atoms with Crippen LogP contribution in [0.2, 0.25) is 0 Å². The fourth-order valence-corrected chi connectivity index (χ4v) is 5.00. The lowest BCUT2D eigenvalue weighted by atomic mass is 10.2. The van der Waals surface area contributed by atoms with E-state index in [1.54, 1.807) is 44.2 Å². The third kappa shape index (κ3) is 7.57. The van der Waals surface area contributed by atoms with Crippen LogP contribution in [0.25, 0.3) is 0 Å². The Morgan fingerprint density at radius 2 is 1.50 bits per heavy atom. The van der Waals surface area contributed by atoms with Crippen LogP contribution in [-0.4, -0.2) is 32.8 Å². The summed E-state index contributed by atoms with van der Waals surface area (Å²) in [5.41, 5.74) is 1.44. The molecule has 174 valence electrons. The first-order chi connectivity index (χ1) is 15.1. The molecular weight excluding hydrogens is 475 g/mol. The van der Waals surface area contributed by atoms with Crippen molar-refractivity contribution in [1.82, 2.24) is 9.81 Å². The van der Waals surface area contributed by atoms with Crippen molar-refractivity contribution < 1.29 is 26.8 Å². The summed E-state index contributed by atoms with van der Waals surface area (Å²) >= 11 is 5.17. The van der Waals surface area contributed by atoms with Crippen LogP contribution in [0.3, 0.4) is 0 Å². The van der Waals surface area contributed by atoms with Crippen molar-refractivity contribution >= 4 is 52.5 Å².